The molecule has 0 saturated carbocycles. The van der Waals surface area contributed by atoms with Crippen LogP contribution in [0, 0.1) is 6.92 Å². The summed E-state index contributed by atoms with van der Waals surface area (Å²) in [7, 11) is 0. The van der Waals surface area contributed by atoms with Crippen molar-refractivity contribution in [1.82, 2.24) is 4.90 Å². The zero-order valence-corrected chi connectivity index (χ0v) is 13.0. The molecule has 0 aromatic heterocycles. The topological polar surface area (TPSA) is 3.24 Å². The number of hydrogen-bond donors (Lipinski definition) is 0. The van der Waals surface area contributed by atoms with Crippen LogP contribution in [0.1, 0.15) is 35.4 Å². The molecule has 1 heteroatoms. The van der Waals surface area contributed by atoms with Gasteiger partial charge in [-0.1, -0.05) is 60.2 Å². The van der Waals surface area contributed by atoms with Gasteiger partial charge >= 0.3 is 0 Å². The molecule has 0 atom stereocenters. The first-order valence-electron chi connectivity index (χ1n) is 8.14. The highest BCUT2D eigenvalue weighted by molar-refractivity contribution is 5.22. The summed E-state index contributed by atoms with van der Waals surface area (Å²) in [5, 5.41) is 0. The molecule has 0 radical (unpaired) electrons. The van der Waals surface area contributed by atoms with Gasteiger partial charge < -0.3 is 4.90 Å². The Labute approximate surface area is 128 Å². The highest BCUT2D eigenvalue weighted by Crippen LogP contribution is 2.27. The van der Waals surface area contributed by atoms with Crippen LogP contribution in [-0.2, 0) is 6.42 Å². The van der Waals surface area contributed by atoms with Crippen molar-refractivity contribution < 1.29 is 0 Å². The number of benzene rings is 2. The maximum atomic E-state index is 2.62. The number of aryl methyl sites for hydroxylation is 1. The predicted molar refractivity (Wildman–Crippen MR) is 89.7 cm³/mol. The van der Waals surface area contributed by atoms with E-state index in [1.54, 1.807) is 0 Å². The molecule has 21 heavy (non-hydrogen) atoms. The lowest BCUT2D eigenvalue weighted by atomic mass is 9.89. The Morgan fingerprint density at radius 2 is 1.57 bits per heavy atom. The van der Waals surface area contributed by atoms with Crippen molar-refractivity contribution in [1.29, 1.82) is 0 Å². The fraction of sp³-hybridized carbons (Fsp3) is 0.400. The first-order chi connectivity index (χ1) is 10.3. The average Bonchev–Trinajstić information content (AvgIpc) is 2.56. The molecule has 1 saturated heterocycles. The van der Waals surface area contributed by atoms with E-state index in [0.717, 1.165) is 5.92 Å². The van der Waals surface area contributed by atoms with Crippen LogP contribution >= 0.6 is 0 Å². The van der Waals surface area contributed by atoms with Crippen molar-refractivity contribution in [2.24, 2.45) is 0 Å². The first-order valence-corrected chi connectivity index (χ1v) is 8.14. The molecule has 1 nitrogen and oxygen atoms in total. The van der Waals surface area contributed by atoms with Gasteiger partial charge in [0.25, 0.3) is 0 Å². The number of hydrogen-bond acceptors (Lipinski definition) is 1. The van der Waals surface area contributed by atoms with Gasteiger partial charge in [-0.3, -0.25) is 0 Å². The average molecular weight is 279 g/mol. The SMILES string of the molecule is Cc1ccc(CCN2CCC(c3ccccc3)CC2)cc1. The molecule has 1 fully saturated rings. The van der Waals surface area contributed by atoms with E-state index >= 15 is 0 Å². The molecule has 0 bridgehead atoms. The van der Waals surface area contributed by atoms with E-state index in [-0.39, 0.29) is 0 Å². The molecule has 3 rings (SSSR count). The number of nitrogens with zero attached hydrogens (tertiary/aromatic N) is 1. The number of rotatable bonds is 4. The van der Waals surface area contributed by atoms with Crippen molar-refractivity contribution in [2.45, 2.75) is 32.1 Å². The Balaban J connectivity index is 1.47. The maximum absolute atomic E-state index is 2.62. The van der Waals surface area contributed by atoms with E-state index in [2.05, 4.69) is 66.4 Å². The molecule has 0 amide bonds. The van der Waals surface area contributed by atoms with Gasteiger partial charge in [0.15, 0.2) is 0 Å². The van der Waals surface area contributed by atoms with Gasteiger partial charge in [0.05, 0.1) is 0 Å². The molecule has 2 aromatic rings. The maximum Gasteiger partial charge on any atom is 0.00218 e. The van der Waals surface area contributed by atoms with E-state index < -0.39 is 0 Å². The molecule has 0 spiro atoms. The summed E-state index contributed by atoms with van der Waals surface area (Å²) in [6, 6.07) is 20.0. The minimum Gasteiger partial charge on any atom is -0.303 e. The smallest absolute Gasteiger partial charge is 0.00218 e. The van der Waals surface area contributed by atoms with Crippen molar-refractivity contribution in [3.05, 3.63) is 71.3 Å². The lowest BCUT2D eigenvalue weighted by Gasteiger charge is -2.32. The normalized spacial score (nSPS) is 17.0. The van der Waals surface area contributed by atoms with Gasteiger partial charge in [0.1, 0.15) is 0 Å². The van der Waals surface area contributed by atoms with Gasteiger partial charge in [-0.2, -0.15) is 0 Å². The minimum atomic E-state index is 0.766. The van der Waals surface area contributed by atoms with Crippen LogP contribution < -0.4 is 0 Å². The van der Waals surface area contributed by atoms with Crippen LogP contribution in [0.4, 0.5) is 0 Å². The van der Waals surface area contributed by atoms with Crippen molar-refractivity contribution in [3.8, 4) is 0 Å². The van der Waals surface area contributed by atoms with Gasteiger partial charge in [-0.25, -0.2) is 0 Å². The Bertz CT molecular complexity index is 536. The van der Waals surface area contributed by atoms with E-state index in [0.29, 0.717) is 0 Å². The molecule has 0 unspecified atom stereocenters. The Morgan fingerprint density at radius 3 is 2.24 bits per heavy atom. The zero-order chi connectivity index (χ0) is 14.5. The second kappa shape index (κ2) is 6.91. The molecular weight excluding hydrogens is 254 g/mol. The number of piperidine rings is 1. The molecular formula is C20H25N. The molecule has 0 aliphatic carbocycles. The molecule has 0 N–H and O–H groups in total. The van der Waals surface area contributed by atoms with E-state index in [4.69, 9.17) is 0 Å². The van der Waals surface area contributed by atoms with Crippen molar-refractivity contribution in [3.63, 3.8) is 0 Å². The van der Waals surface area contributed by atoms with E-state index in [1.165, 1.54) is 55.6 Å². The van der Waals surface area contributed by atoms with Crippen LogP contribution in [0.5, 0.6) is 0 Å². The van der Waals surface area contributed by atoms with E-state index in [9.17, 15) is 0 Å². The summed E-state index contributed by atoms with van der Waals surface area (Å²) >= 11 is 0. The summed E-state index contributed by atoms with van der Waals surface area (Å²) in [5.74, 6) is 0.766. The summed E-state index contributed by atoms with van der Waals surface area (Å²) in [6.45, 7) is 5.83. The minimum absolute atomic E-state index is 0.766. The van der Waals surface area contributed by atoms with Gasteiger partial charge in [0, 0.05) is 6.54 Å². The monoisotopic (exact) mass is 279 g/mol. The second-order valence-corrected chi connectivity index (χ2v) is 6.26. The lowest BCUT2D eigenvalue weighted by molar-refractivity contribution is 0.214. The van der Waals surface area contributed by atoms with Gasteiger partial charge in [0.2, 0.25) is 0 Å². The van der Waals surface area contributed by atoms with Gasteiger partial charge in [-0.05, 0) is 56.3 Å². The van der Waals surface area contributed by atoms with Crippen LogP contribution in [0.15, 0.2) is 54.6 Å². The molecule has 1 aliphatic heterocycles. The highest BCUT2D eigenvalue weighted by atomic mass is 15.1. The van der Waals surface area contributed by atoms with Crippen LogP contribution in [-0.4, -0.2) is 24.5 Å². The molecule has 1 aliphatic rings. The largest absolute Gasteiger partial charge is 0.303 e. The highest BCUT2D eigenvalue weighted by Gasteiger charge is 2.19. The fourth-order valence-electron chi connectivity index (χ4n) is 3.26. The molecule has 2 aromatic carbocycles. The van der Waals surface area contributed by atoms with Crippen molar-refractivity contribution >= 4 is 0 Å². The lowest BCUT2D eigenvalue weighted by Crippen LogP contribution is -2.34. The Morgan fingerprint density at radius 1 is 0.905 bits per heavy atom. The fourth-order valence-corrected chi connectivity index (χ4v) is 3.26. The third-order valence-electron chi connectivity index (χ3n) is 4.70. The molecule has 1 heterocycles. The van der Waals surface area contributed by atoms with Crippen LogP contribution in [0.25, 0.3) is 0 Å². The standard InChI is InChI=1S/C20H25N/c1-17-7-9-18(10-8-17)11-14-21-15-12-20(13-16-21)19-5-3-2-4-6-19/h2-10,20H,11-16H2,1H3. The van der Waals surface area contributed by atoms with Crippen LogP contribution in [0.3, 0.4) is 0 Å². The zero-order valence-electron chi connectivity index (χ0n) is 13.0. The quantitative estimate of drug-likeness (QED) is 0.801. The van der Waals surface area contributed by atoms with E-state index in [1.807, 2.05) is 0 Å². The summed E-state index contributed by atoms with van der Waals surface area (Å²) in [4.78, 5) is 2.62. The predicted octanol–water partition coefficient (Wildman–Crippen LogP) is 4.42. The van der Waals surface area contributed by atoms with Crippen molar-refractivity contribution in [2.75, 3.05) is 19.6 Å². The third-order valence-corrected chi connectivity index (χ3v) is 4.70. The van der Waals surface area contributed by atoms with Gasteiger partial charge in [-0.15, -0.1) is 0 Å². The Kier molecular flexibility index (Phi) is 4.72. The van der Waals surface area contributed by atoms with Crippen LogP contribution in [0.2, 0.25) is 0 Å². The number of likely N-dealkylation sites (tertiary alicyclic amines) is 1. The Hall–Kier alpha value is -1.60. The summed E-state index contributed by atoms with van der Waals surface area (Å²) in [6.07, 6.45) is 3.78. The summed E-state index contributed by atoms with van der Waals surface area (Å²) in [5.41, 5.74) is 4.34. The summed E-state index contributed by atoms with van der Waals surface area (Å²) < 4.78 is 0. The molecule has 110 valence electrons. The first kappa shape index (κ1) is 14.3. The third kappa shape index (κ3) is 3.95. The second-order valence-electron chi connectivity index (χ2n) is 6.26.